The topological polar surface area (TPSA) is 69.6 Å². The van der Waals surface area contributed by atoms with Gasteiger partial charge in [0.2, 0.25) is 11.8 Å². The first-order valence-corrected chi connectivity index (χ1v) is 12.1. The van der Waals surface area contributed by atoms with Crippen molar-refractivity contribution in [3.63, 3.8) is 0 Å². The number of aryl methyl sites for hydroxylation is 1. The molecule has 0 N–H and O–H groups in total. The fourth-order valence-electron chi connectivity index (χ4n) is 5.03. The molecule has 1 aromatic rings. The van der Waals surface area contributed by atoms with Crippen LogP contribution in [0.1, 0.15) is 75.4 Å². The molecule has 1 aromatic heterocycles. The van der Waals surface area contributed by atoms with Crippen LogP contribution in [-0.4, -0.2) is 70.9 Å². The number of amides is 2. The van der Waals surface area contributed by atoms with Gasteiger partial charge in [-0.3, -0.25) is 19.4 Å². The molecule has 3 aliphatic heterocycles. The van der Waals surface area contributed by atoms with E-state index in [0.29, 0.717) is 18.9 Å². The summed E-state index contributed by atoms with van der Waals surface area (Å²) in [6, 6.07) is 0. The number of carbonyl (C=O) groups is 2. The minimum atomic E-state index is 0.178. The molecule has 1 unspecified atom stereocenters. The number of hydrogen-bond donors (Lipinski definition) is 0. The largest absolute Gasteiger partial charge is 0.342 e. The molecule has 170 valence electrons. The van der Waals surface area contributed by atoms with Crippen LogP contribution >= 0.6 is 0 Å². The van der Waals surface area contributed by atoms with Crippen molar-refractivity contribution in [1.82, 2.24) is 19.8 Å². The predicted molar refractivity (Wildman–Crippen MR) is 121 cm³/mol. The third-order valence-corrected chi connectivity index (χ3v) is 6.99. The van der Waals surface area contributed by atoms with E-state index in [1.807, 2.05) is 16.7 Å². The number of aromatic nitrogens is 2. The van der Waals surface area contributed by atoms with Crippen molar-refractivity contribution in [2.75, 3.05) is 44.2 Å². The predicted octanol–water partition coefficient (Wildman–Crippen LogP) is 2.91. The number of likely N-dealkylation sites (tertiary alicyclic amines) is 2. The van der Waals surface area contributed by atoms with Gasteiger partial charge >= 0.3 is 0 Å². The molecule has 3 aliphatic rings. The van der Waals surface area contributed by atoms with Crippen LogP contribution in [0.25, 0.3) is 0 Å². The van der Waals surface area contributed by atoms with Crippen LogP contribution in [0.2, 0.25) is 0 Å². The molecule has 2 amide bonds. The second kappa shape index (κ2) is 9.63. The highest BCUT2D eigenvalue weighted by Gasteiger charge is 2.32. The number of fused-ring (bicyclic) bond motifs is 1. The molecule has 0 saturated carbocycles. The fraction of sp³-hybridized carbons (Fsp3) is 0.750. The van der Waals surface area contributed by atoms with Crippen LogP contribution in [0.5, 0.6) is 0 Å². The van der Waals surface area contributed by atoms with Gasteiger partial charge in [-0.25, -0.2) is 9.97 Å². The highest BCUT2D eigenvalue weighted by atomic mass is 16.2. The number of carbonyl (C=O) groups excluding carboxylic acids is 2. The Bertz CT molecular complexity index is 818. The maximum absolute atomic E-state index is 12.7. The number of anilines is 1. The molecule has 0 bridgehead atoms. The standard InChI is InChI=1S/C24H37N5O2/c1-17(2)9-14-29-21(30)8-7-20-18(3)25-23(26-24(20)29)19-10-13-27(15-19)16-22(31)28-11-5-4-6-12-28/h17,19H,4-16H2,1-3H3. The second-order valence-electron chi connectivity index (χ2n) is 9.86. The Labute approximate surface area is 186 Å². The third-order valence-electron chi connectivity index (χ3n) is 6.99. The van der Waals surface area contributed by atoms with Gasteiger partial charge in [-0.1, -0.05) is 13.8 Å². The molecular weight excluding hydrogens is 390 g/mol. The van der Waals surface area contributed by atoms with Crippen molar-refractivity contribution >= 4 is 17.6 Å². The van der Waals surface area contributed by atoms with Crippen LogP contribution in [0.15, 0.2) is 0 Å². The molecule has 0 spiro atoms. The van der Waals surface area contributed by atoms with E-state index < -0.39 is 0 Å². The number of nitrogens with zero attached hydrogens (tertiary/aromatic N) is 5. The van der Waals surface area contributed by atoms with E-state index in [1.165, 1.54) is 6.42 Å². The zero-order valence-electron chi connectivity index (χ0n) is 19.4. The number of rotatable bonds is 6. The van der Waals surface area contributed by atoms with E-state index in [0.717, 1.165) is 87.7 Å². The summed E-state index contributed by atoms with van der Waals surface area (Å²) in [7, 11) is 0. The smallest absolute Gasteiger partial charge is 0.236 e. The van der Waals surface area contributed by atoms with Crippen molar-refractivity contribution in [3.05, 3.63) is 17.1 Å². The van der Waals surface area contributed by atoms with Gasteiger partial charge in [-0.15, -0.1) is 0 Å². The van der Waals surface area contributed by atoms with Gasteiger partial charge < -0.3 is 4.90 Å². The number of hydrogen-bond acceptors (Lipinski definition) is 5. The van der Waals surface area contributed by atoms with E-state index in [-0.39, 0.29) is 17.7 Å². The maximum Gasteiger partial charge on any atom is 0.236 e. The van der Waals surface area contributed by atoms with Crippen LogP contribution in [-0.2, 0) is 16.0 Å². The Balaban J connectivity index is 1.46. The van der Waals surface area contributed by atoms with Gasteiger partial charge in [-0.05, 0) is 57.9 Å². The van der Waals surface area contributed by atoms with Crippen molar-refractivity contribution in [2.24, 2.45) is 5.92 Å². The normalized spacial score (nSPS) is 22.3. The van der Waals surface area contributed by atoms with Gasteiger partial charge in [0.05, 0.1) is 6.54 Å². The summed E-state index contributed by atoms with van der Waals surface area (Å²) in [5.74, 6) is 2.88. The highest BCUT2D eigenvalue weighted by molar-refractivity contribution is 5.95. The Kier molecular flexibility index (Phi) is 6.89. The summed E-state index contributed by atoms with van der Waals surface area (Å²) in [5, 5.41) is 0. The summed E-state index contributed by atoms with van der Waals surface area (Å²) >= 11 is 0. The minimum Gasteiger partial charge on any atom is -0.342 e. The molecule has 7 heteroatoms. The van der Waals surface area contributed by atoms with Crippen LogP contribution in [0, 0.1) is 12.8 Å². The summed E-state index contributed by atoms with van der Waals surface area (Å²) < 4.78 is 0. The molecule has 7 nitrogen and oxygen atoms in total. The lowest BCUT2D eigenvalue weighted by Crippen LogP contribution is -2.42. The SMILES string of the molecule is Cc1nc(C2CCN(CC(=O)N3CCCCC3)C2)nc2c1CCC(=O)N2CCC(C)C. The van der Waals surface area contributed by atoms with Crippen LogP contribution < -0.4 is 4.90 Å². The van der Waals surface area contributed by atoms with E-state index in [1.54, 1.807) is 0 Å². The summed E-state index contributed by atoms with van der Waals surface area (Å²) in [6.07, 6.45) is 6.71. The number of piperidine rings is 1. The molecule has 1 atom stereocenters. The van der Waals surface area contributed by atoms with Gasteiger partial charge in [0.15, 0.2) is 0 Å². The average molecular weight is 428 g/mol. The minimum absolute atomic E-state index is 0.178. The maximum atomic E-state index is 12.7. The lowest BCUT2D eigenvalue weighted by atomic mass is 10.0. The average Bonchev–Trinajstić information content (AvgIpc) is 3.21. The Morgan fingerprint density at radius 1 is 1.10 bits per heavy atom. The third kappa shape index (κ3) is 5.08. The second-order valence-corrected chi connectivity index (χ2v) is 9.86. The molecule has 2 saturated heterocycles. The lowest BCUT2D eigenvalue weighted by molar-refractivity contribution is -0.133. The Hall–Kier alpha value is -2.02. The molecule has 31 heavy (non-hydrogen) atoms. The zero-order valence-corrected chi connectivity index (χ0v) is 19.4. The Morgan fingerprint density at radius 2 is 1.87 bits per heavy atom. The van der Waals surface area contributed by atoms with E-state index in [4.69, 9.17) is 9.97 Å². The summed E-state index contributed by atoms with van der Waals surface area (Å²) in [5.41, 5.74) is 2.13. The van der Waals surface area contributed by atoms with Gasteiger partial charge in [0.1, 0.15) is 11.6 Å². The van der Waals surface area contributed by atoms with E-state index >= 15 is 0 Å². The molecule has 4 rings (SSSR count). The molecule has 2 fully saturated rings. The van der Waals surface area contributed by atoms with Crippen LogP contribution in [0.3, 0.4) is 0 Å². The van der Waals surface area contributed by atoms with Crippen molar-refractivity contribution < 1.29 is 9.59 Å². The molecular formula is C24H37N5O2. The first-order chi connectivity index (χ1) is 14.9. The summed E-state index contributed by atoms with van der Waals surface area (Å²) in [6.45, 7) is 11.2. The first-order valence-electron chi connectivity index (χ1n) is 12.1. The van der Waals surface area contributed by atoms with Crippen molar-refractivity contribution in [3.8, 4) is 0 Å². The van der Waals surface area contributed by atoms with Crippen molar-refractivity contribution in [2.45, 2.75) is 71.6 Å². The van der Waals surface area contributed by atoms with Gasteiger partial charge in [0, 0.05) is 49.8 Å². The van der Waals surface area contributed by atoms with E-state index in [9.17, 15) is 9.59 Å². The molecule has 0 aliphatic carbocycles. The monoisotopic (exact) mass is 427 g/mol. The molecule has 0 radical (unpaired) electrons. The molecule has 0 aromatic carbocycles. The highest BCUT2D eigenvalue weighted by Crippen LogP contribution is 2.32. The van der Waals surface area contributed by atoms with Gasteiger partial charge in [0.25, 0.3) is 0 Å². The zero-order chi connectivity index (χ0) is 22.0. The summed E-state index contributed by atoms with van der Waals surface area (Å²) in [4.78, 5) is 41.3. The van der Waals surface area contributed by atoms with Gasteiger partial charge in [-0.2, -0.15) is 0 Å². The first kappa shape index (κ1) is 22.2. The van der Waals surface area contributed by atoms with E-state index in [2.05, 4.69) is 18.7 Å². The quantitative estimate of drug-likeness (QED) is 0.698. The molecule has 4 heterocycles. The van der Waals surface area contributed by atoms with Crippen molar-refractivity contribution in [1.29, 1.82) is 0 Å². The Morgan fingerprint density at radius 3 is 2.61 bits per heavy atom. The lowest BCUT2D eigenvalue weighted by Gasteiger charge is -2.30. The van der Waals surface area contributed by atoms with Crippen LogP contribution in [0.4, 0.5) is 5.82 Å². The fourth-order valence-corrected chi connectivity index (χ4v) is 5.03.